The maximum Gasteiger partial charge on any atom is 0.335 e. The highest BCUT2D eigenvalue weighted by atomic mass is 32.1. The summed E-state index contributed by atoms with van der Waals surface area (Å²) in [5.41, 5.74) is 2.92. The van der Waals surface area contributed by atoms with Crippen molar-refractivity contribution in [3.63, 3.8) is 0 Å². The quantitative estimate of drug-likeness (QED) is 0.883. The van der Waals surface area contributed by atoms with Gasteiger partial charge in [-0.3, -0.25) is 4.98 Å². The molecule has 0 radical (unpaired) electrons. The molecule has 2 aromatic rings. The average Bonchev–Trinajstić information content (AvgIpc) is 2.79. The van der Waals surface area contributed by atoms with Crippen LogP contribution < -0.4 is 0 Å². The van der Waals surface area contributed by atoms with E-state index in [1.807, 2.05) is 18.2 Å². The molecular weight excluding hydrogens is 222 g/mol. The lowest BCUT2D eigenvalue weighted by atomic mass is 10.1. The zero-order valence-electron chi connectivity index (χ0n) is 8.33. The van der Waals surface area contributed by atoms with Gasteiger partial charge in [0.2, 0.25) is 0 Å². The van der Waals surface area contributed by atoms with Crippen LogP contribution in [0.3, 0.4) is 0 Å². The topological polar surface area (TPSA) is 50.2 Å². The third kappa shape index (κ3) is 2.55. The van der Waals surface area contributed by atoms with E-state index in [1.54, 1.807) is 29.9 Å². The Balaban J connectivity index is 2.22. The maximum absolute atomic E-state index is 10.8. The number of hydrogen-bond donors (Lipinski definition) is 1. The molecule has 80 valence electrons. The van der Waals surface area contributed by atoms with Crippen molar-refractivity contribution in [1.29, 1.82) is 0 Å². The largest absolute Gasteiger partial charge is 0.478 e. The maximum atomic E-state index is 10.8. The second-order valence-electron chi connectivity index (χ2n) is 3.17. The van der Waals surface area contributed by atoms with Gasteiger partial charge in [0.05, 0.1) is 11.1 Å². The smallest absolute Gasteiger partial charge is 0.335 e. The minimum Gasteiger partial charge on any atom is -0.478 e. The van der Waals surface area contributed by atoms with Crippen LogP contribution >= 0.6 is 11.3 Å². The van der Waals surface area contributed by atoms with Gasteiger partial charge in [0.25, 0.3) is 0 Å². The Morgan fingerprint density at radius 2 is 2.25 bits per heavy atom. The van der Waals surface area contributed by atoms with Gasteiger partial charge in [-0.2, -0.15) is 0 Å². The van der Waals surface area contributed by atoms with E-state index in [0.29, 0.717) is 5.56 Å². The molecule has 0 unspecified atom stereocenters. The van der Waals surface area contributed by atoms with E-state index < -0.39 is 5.97 Å². The number of carbonyl (C=O) groups is 1. The Bertz CT molecular complexity index is 518. The predicted molar refractivity (Wildman–Crippen MR) is 64.4 cm³/mol. The van der Waals surface area contributed by atoms with Crippen molar-refractivity contribution >= 4 is 29.5 Å². The fraction of sp³-hybridized carbons (Fsp3) is 0. The number of hydrogen-bond acceptors (Lipinski definition) is 3. The molecule has 0 fully saturated rings. The number of carboxylic acids is 1. The Morgan fingerprint density at radius 3 is 2.94 bits per heavy atom. The van der Waals surface area contributed by atoms with E-state index >= 15 is 0 Å². The third-order valence-corrected chi connectivity index (χ3v) is 2.77. The zero-order chi connectivity index (χ0) is 11.4. The summed E-state index contributed by atoms with van der Waals surface area (Å²) in [6, 6.07) is 6.81. The van der Waals surface area contributed by atoms with Crippen molar-refractivity contribution in [3.05, 3.63) is 52.0 Å². The van der Waals surface area contributed by atoms with Crippen molar-refractivity contribution < 1.29 is 9.90 Å². The normalized spacial score (nSPS) is 10.8. The number of thiazole rings is 1. The molecule has 1 aromatic carbocycles. The van der Waals surface area contributed by atoms with E-state index in [4.69, 9.17) is 5.11 Å². The molecule has 0 atom stereocenters. The van der Waals surface area contributed by atoms with Crippen LogP contribution in [0.5, 0.6) is 0 Å². The Labute approximate surface area is 96.7 Å². The number of aromatic nitrogens is 1. The summed E-state index contributed by atoms with van der Waals surface area (Å²) in [4.78, 5) is 15.7. The molecule has 0 aliphatic carbocycles. The number of nitrogens with zero attached hydrogens (tertiary/aromatic N) is 1. The van der Waals surface area contributed by atoms with Crippen LogP contribution in [0.4, 0.5) is 0 Å². The van der Waals surface area contributed by atoms with E-state index in [1.165, 1.54) is 11.3 Å². The van der Waals surface area contributed by atoms with Gasteiger partial charge < -0.3 is 5.11 Å². The monoisotopic (exact) mass is 231 g/mol. The Kier molecular flexibility index (Phi) is 3.12. The first-order chi connectivity index (χ1) is 7.75. The number of benzene rings is 1. The highest BCUT2D eigenvalue weighted by Gasteiger charge is 2.01. The molecule has 0 spiro atoms. The molecule has 0 saturated heterocycles. The second kappa shape index (κ2) is 4.72. The van der Waals surface area contributed by atoms with Crippen molar-refractivity contribution in [3.8, 4) is 0 Å². The van der Waals surface area contributed by atoms with Gasteiger partial charge in [-0.25, -0.2) is 4.79 Å². The molecule has 0 bridgehead atoms. The standard InChI is InChI=1S/C12H9NO2S/c14-12(15)10-3-1-2-9(6-10)4-5-11-7-13-8-16-11/h1-8H,(H,14,15). The highest BCUT2D eigenvalue weighted by molar-refractivity contribution is 7.10. The molecule has 0 saturated carbocycles. The third-order valence-electron chi connectivity index (χ3n) is 2.03. The van der Waals surface area contributed by atoms with Crippen molar-refractivity contribution in [2.75, 3.05) is 0 Å². The van der Waals surface area contributed by atoms with Gasteiger partial charge in [0, 0.05) is 11.1 Å². The summed E-state index contributed by atoms with van der Waals surface area (Å²) in [5.74, 6) is -0.909. The number of rotatable bonds is 3. The van der Waals surface area contributed by atoms with E-state index in [9.17, 15) is 4.79 Å². The summed E-state index contributed by atoms with van der Waals surface area (Å²) in [7, 11) is 0. The summed E-state index contributed by atoms with van der Waals surface area (Å²) in [5, 5.41) is 8.83. The summed E-state index contributed by atoms with van der Waals surface area (Å²) in [6.07, 6.45) is 5.56. The fourth-order valence-corrected chi connectivity index (χ4v) is 1.77. The van der Waals surface area contributed by atoms with Crippen LogP contribution in [0.2, 0.25) is 0 Å². The first-order valence-electron chi connectivity index (χ1n) is 4.65. The lowest BCUT2D eigenvalue weighted by Gasteiger charge is -1.96. The van der Waals surface area contributed by atoms with Gasteiger partial charge in [-0.05, 0) is 23.8 Å². The summed E-state index contributed by atoms with van der Waals surface area (Å²) >= 11 is 1.54. The predicted octanol–water partition coefficient (Wildman–Crippen LogP) is 3.01. The molecule has 0 aliphatic heterocycles. The van der Waals surface area contributed by atoms with Crippen LogP contribution in [-0.2, 0) is 0 Å². The molecule has 0 amide bonds. The second-order valence-corrected chi connectivity index (χ2v) is 4.09. The fourth-order valence-electron chi connectivity index (χ4n) is 1.26. The molecule has 1 N–H and O–H groups in total. The van der Waals surface area contributed by atoms with E-state index in [-0.39, 0.29) is 0 Å². The molecular formula is C12H9NO2S. The van der Waals surface area contributed by atoms with Crippen LogP contribution in [0.25, 0.3) is 12.2 Å². The minimum absolute atomic E-state index is 0.298. The minimum atomic E-state index is -0.909. The Hall–Kier alpha value is -1.94. The van der Waals surface area contributed by atoms with Crippen LogP contribution in [-0.4, -0.2) is 16.1 Å². The lowest BCUT2D eigenvalue weighted by molar-refractivity contribution is 0.0697. The summed E-state index contributed by atoms with van der Waals surface area (Å²) in [6.45, 7) is 0. The first-order valence-corrected chi connectivity index (χ1v) is 5.53. The molecule has 0 aliphatic rings. The van der Waals surface area contributed by atoms with Crippen LogP contribution in [0, 0.1) is 0 Å². The van der Waals surface area contributed by atoms with Crippen molar-refractivity contribution in [1.82, 2.24) is 4.98 Å². The van der Waals surface area contributed by atoms with Crippen LogP contribution in [0.1, 0.15) is 20.8 Å². The molecule has 16 heavy (non-hydrogen) atoms. The SMILES string of the molecule is O=C(O)c1cccc(C=Cc2cncs2)c1. The van der Waals surface area contributed by atoms with Gasteiger partial charge in [-0.1, -0.05) is 18.2 Å². The molecule has 3 nitrogen and oxygen atoms in total. The van der Waals surface area contributed by atoms with Gasteiger partial charge >= 0.3 is 5.97 Å². The average molecular weight is 231 g/mol. The van der Waals surface area contributed by atoms with Crippen LogP contribution in [0.15, 0.2) is 36.0 Å². The van der Waals surface area contributed by atoms with E-state index in [0.717, 1.165) is 10.4 Å². The number of aromatic carboxylic acids is 1. The van der Waals surface area contributed by atoms with Crippen molar-refractivity contribution in [2.24, 2.45) is 0 Å². The highest BCUT2D eigenvalue weighted by Crippen LogP contribution is 2.12. The first kappa shape index (κ1) is 10.6. The lowest BCUT2D eigenvalue weighted by Crippen LogP contribution is -1.95. The molecule has 1 aromatic heterocycles. The Morgan fingerprint density at radius 1 is 1.38 bits per heavy atom. The number of carboxylic acid groups (broad SMARTS) is 1. The summed E-state index contributed by atoms with van der Waals surface area (Å²) < 4.78 is 0. The molecule has 2 rings (SSSR count). The molecule has 4 heteroatoms. The van der Waals surface area contributed by atoms with Crippen molar-refractivity contribution in [2.45, 2.75) is 0 Å². The zero-order valence-corrected chi connectivity index (χ0v) is 9.15. The van der Waals surface area contributed by atoms with Gasteiger partial charge in [-0.15, -0.1) is 11.3 Å². The van der Waals surface area contributed by atoms with Gasteiger partial charge in [0.1, 0.15) is 0 Å². The molecule has 1 heterocycles. The van der Waals surface area contributed by atoms with E-state index in [2.05, 4.69) is 4.98 Å². The van der Waals surface area contributed by atoms with Gasteiger partial charge in [0.15, 0.2) is 0 Å².